The van der Waals surface area contributed by atoms with Crippen LogP contribution in [-0.2, 0) is 6.54 Å². The molecule has 6 nitrogen and oxygen atoms in total. The van der Waals surface area contributed by atoms with Crippen LogP contribution in [0.2, 0.25) is 0 Å². The van der Waals surface area contributed by atoms with Crippen LogP contribution in [0.15, 0.2) is 60.4 Å². The number of hydrogen-bond acceptors (Lipinski definition) is 4. The van der Waals surface area contributed by atoms with E-state index in [1.165, 1.54) is 0 Å². The molecule has 36 heavy (non-hydrogen) atoms. The first-order chi connectivity index (χ1) is 17.2. The van der Waals surface area contributed by atoms with Gasteiger partial charge < -0.3 is 19.7 Å². The minimum Gasteiger partial charge on any atom is -0.496 e. The van der Waals surface area contributed by atoms with Gasteiger partial charge in [0.2, 0.25) is 0 Å². The molecule has 1 saturated heterocycles. The van der Waals surface area contributed by atoms with Crippen LogP contribution < -0.4 is 4.74 Å². The van der Waals surface area contributed by atoms with Gasteiger partial charge in [-0.3, -0.25) is 4.90 Å². The molecule has 0 spiro atoms. The van der Waals surface area contributed by atoms with E-state index in [4.69, 9.17) is 9.84 Å². The van der Waals surface area contributed by atoms with Gasteiger partial charge in [-0.2, -0.15) is 13.2 Å². The Balaban J connectivity index is 0.000000286. The number of aromatic amines is 1. The molecule has 5 rings (SSSR count). The van der Waals surface area contributed by atoms with Gasteiger partial charge in [0.05, 0.1) is 18.6 Å². The molecule has 3 aromatic rings. The van der Waals surface area contributed by atoms with E-state index in [1.807, 2.05) is 11.1 Å². The zero-order valence-corrected chi connectivity index (χ0v) is 20.3. The zero-order chi connectivity index (χ0) is 25.9. The molecular formula is C27H30F3N3O3. The fraction of sp³-hybridized carbons (Fsp3) is 0.370. The van der Waals surface area contributed by atoms with Gasteiger partial charge in [0.15, 0.2) is 0 Å². The minimum absolute atomic E-state index is 0.102. The fourth-order valence-electron chi connectivity index (χ4n) is 4.64. The molecule has 2 aromatic carbocycles. The number of halogens is 3. The summed E-state index contributed by atoms with van der Waals surface area (Å²) in [6.45, 7) is 4.60. The van der Waals surface area contributed by atoms with Gasteiger partial charge in [0, 0.05) is 61.1 Å². The Hall–Kier alpha value is -3.46. The van der Waals surface area contributed by atoms with E-state index in [9.17, 15) is 18.0 Å². The van der Waals surface area contributed by atoms with Crippen LogP contribution in [0.5, 0.6) is 5.75 Å². The fourth-order valence-corrected chi connectivity index (χ4v) is 4.64. The molecule has 9 heteroatoms. The number of rotatable bonds is 5. The van der Waals surface area contributed by atoms with Crippen molar-refractivity contribution >= 4 is 16.9 Å². The third-order valence-corrected chi connectivity index (χ3v) is 6.75. The molecular weight excluding hydrogens is 471 g/mol. The number of carboxylic acids is 1. The highest BCUT2D eigenvalue weighted by molar-refractivity contribution is 5.88. The quantitative estimate of drug-likeness (QED) is 0.487. The highest BCUT2D eigenvalue weighted by Crippen LogP contribution is 2.37. The Morgan fingerprint density at radius 3 is 2.47 bits per heavy atom. The van der Waals surface area contributed by atoms with Gasteiger partial charge in [-0.25, -0.2) is 4.79 Å². The molecule has 1 fully saturated rings. The molecule has 0 saturated carbocycles. The second kappa shape index (κ2) is 10.7. The monoisotopic (exact) mass is 501 g/mol. The predicted octanol–water partition coefficient (Wildman–Crippen LogP) is 5.45. The van der Waals surface area contributed by atoms with Crippen LogP contribution in [0.25, 0.3) is 10.9 Å². The van der Waals surface area contributed by atoms with Crippen LogP contribution >= 0.6 is 0 Å². The summed E-state index contributed by atoms with van der Waals surface area (Å²) in [5.74, 6) is -1.17. The van der Waals surface area contributed by atoms with Gasteiger partial charge in [-0.15, -0.1) is 0 Å². The Morgan fingerprint density at radius 1 is 1.19 bits per heavy atom. The van der Waals surface area contributed by atoms with Crippen molar-refractivity contribution < 1.29 is 27.8 Å². The summed E-state index contributed by atoms with van der Waals surface area (Å²) in [5.41, 5.74) is 4.80. The number of alkyl halides is 3. The number of likely N-dealkylation sites (tertiary alicyclic amines) is 1. The highest BCUT2D eigenvalue weighted by atomic mass is 19.4. The van der Waals surface area contributed by atoms with Crippen molar-refractivity contribution in [3.8, 4) is 5.75 Å². The summed E-state index contributed by atoms with van der Waals surface area (Å²) in [7, 11) is 1.69. The van der Waals surface area contributed by atoms with Crippen molar-refractivity contribution in [2.45, 2.75) is 26.1 Å². The highest BCUT2D eigenvalue weighted by Gasteiger charge is 2.47. The van der Waals surface area contributed by atoms with Gasteiger partial charge in [-0.1, -0.05) is 24.3 Å². The average molecular weight is 502 g/mol. The number of ether oxygens (including phenoxy) is 1. The minimum atomic E-state index is -4.07. The number of methoxy groups -OCH3 is 1. The molecule has 0 atom stereocenters. The first-order valence-corrected chi connectivity index (χ1v) is 11.8. The van der Waals surface area contributed by atoms with E-state index < -0.39 is 18.1 Å². The molecule has 2 N–H and O–H groups in total. The molecule has 0 unspecified atom stereocenters. The molecule has 1 aromatic heterocycles. The third-order valence-electron chi connectivity index (χ3n) is 6.75. The lowest BCUT2D eigenvalue weighted by Gasteiger charge is -2.44. The van der Waals surface area contributed by atoms with Crippen LogP contribution in [-0.4, -0.2) is 65.3 Å². The number of H-pyrrole nitrogens is 1. The van der Waals surface area contributed by atoms with Crippen molar-refractivity contribution in [3.63, 3.8) is 0 Å². The topological polar surface area (TPSA) is 68.8 Å². The summed E-state index contributed by atoms with van der Waals surface area (Å²) in [6, 6.07) is 12.4. The van der Waals surface area contributed by atoms with Crippen LogP contribution in [0.1, 0.15) is 27.9 Å². The number of fused-ring (bicyclic) bond motifs is 1. The van der Waals surface area contributed by atoms with E-state index in [1.54, 1.807) is 37.4 Å². The van der Waals surface area contributed by atoms with Crippen LogP contribution in [0.4, 0.5) is 13.2 Å². The van der Waals surface area contributed by atoms with E-state index in [0.29, 0.717) is 5.56 Å². The maximum atomic E-state index is 12.7. The van der Waals surface area contributed by atoms with Crippen molar-refractivity contribution in [2.24, 2.45) is 5.92 Å². The maximum absolute atomic E-state index is 12.7. The second-order valence-electron chi connectivity index (χ2n) is 9.14. The van der Waals surface area contributed by atoms with Crippen molar-refractivity contribution in [1.29, 1.82) is 0 Å². The van der Waals surface area contributed by atoms with Gasteiger partial charge in [-0.05, 0) is 43.2 Å². The number of aromatic nitrogens is 1. The standard InChI is InChI=1S/C20H24F3N3O.C7H6O2/c1-13-9-18(27-2)17(16-3-6-24-19(13)16)12-25-7-4-15(5-8-25)26-10-14(11-26)20(21,22)23;8-7(9)6-4-2-1-3-5-6/h3-4,6,9,14,24H,5,7-8,10-12H2,1-2H3;1-5H,(H,8,9). The Kier molecular flexibility index (Phi) is 7.59. The van der Waals surface area contributed by atoms with Crippen LogP contribution in [0, 0.1) is 12.8 Å². The maximum Gasteiger partial charge on any atom is 0.395 e. The Bertz CT molecular complexity index is 1230. The Labute approximate surface area is 208 Å². The predicted molar refractivity (Wildman–Crippen MR) is 132 cm³/mol. The van der Waals surface area contributed by atoms with Gasteiger partial charge >= 0.3 is 12.1 Å². The zero-order valence-electron chi connectivity index (χ0n) is 20.3. The lowest BCUT2D eigenvalue weighted by atomic mass is 9.97. The molecule has 2 aliphatic heterocycles. The van der Waals surface area contributed by atoms with E-state index >= 15 is 0 Å². The molecule has 3 heterocycles. The number of carboxylic acid groups (broad SMARTS) is 1. The molecule has 192 valence electrons. The smallest absolute Gasteiger partial charge is 0.395 e. The van der Waals surface area contributed by atoms with E-state index in [-0.39, 0.29) is 13.1 Å². The number of nitrogens with zero attached hydrogens (tertiary/aromatic N) is 2. The molecule has 2 aliphatic rings. The first-order valence-electron chi connectivity index (χ1n) is 11.8. The normalized spacial score (nSPS) is 16.7. The lowest BCUT2D eigenvalue weighted by Crippen LogP contribution is -2.53. The number of hydrogen-bond donors (Lipinski definition) is 2. The van der Waals surface area contributed by atoms with Gasteiger partial charge in [0.1, 0.15) is 5.75 Å². The molecule has 0 amide bonds. The molecule has 0 radical (unpaired) electrons. The van der Waals surface area contributed by atoms with Crippen molar-refractivity contribution in [1.82, 2.24) is 14.8 Å². The largest absolute Gasteiger partial charge is 0.496 e. The average Bonchev–Trinajstić information content (AvgIpc) is 3.32. The number of aromatic carboxylic acids is 1. The Morgan fingerprint density at radius 2 is 1.92 bits per heavy atom. The van der Waals surface area contributed by atoms with Crippen molar-refractivity contribution in [2.75, 3.05) is 33.3 Å². The molecule has 0 aliphatic carbocycles. The van der Waals surface area contributed by atoms with Crippen molar-refractivity contribution in [3.05, 3.63) is 77.1 Å². The number of nitrogens with one attached hydrogen (secondary N) is 1. The second-order valence-corrected chi connectivity index (χ2v) is 9.14. The summed E-state index contributed by atoms with van der Waals surface area (Å²) < 4.78 is 43.6. The van der Waals surface area contributed by atoms with Crippen LogP contribution in [0.3, 0.4) is 0 Å². The third kappa shape index (κ3) is 5.67. The summed E-state index contributed by atoms with van der Waals surface area (Å²) in [4.78, 5) is 17.7. The summed E-state index contributed by atoms with van der Waals surface area (Å²) >= 11 is 0. The van der Waals surface area contributed by atoms with E-state index in [0.717, 1.165) is 59.5 Å². The summed E-state index contributed by atoms with van der Waals surface area (Å²) in [6.07, 6.45) is 0.734. The van der Waals surface area contributed by atoms with E-state index in [2.05, 4.69) is 35.0 Å². The number of benzene rings is 2. The first kappa shape index (κ1) is 25.6. The SMILES string of the molecule is COc1cc(C)c2[nH]ccc2c1CN1CC=C(N2CC(C(F)(F)F)C2)CC1.O=C(O)c1ccccc1. The number of aryl methyl sites for hydroxylation is 1. The van der Waals surface area contributed by atoms with Gasteiger partial charge in [0.25, 0.3) is 0 Å². The molecule has 0 bridgehead atoms. The lowest BCUT2D eigenvalue weighted by molar-refractivity contribution is -0.205. The number of carbonyl (C=O) groups is 1. The summed E-state index contributed by atoms with van der Waals surface area (Å²) in [5, 5.41) is 9.55.